The van der Waals surface area contributed by atoms with E-state index in [0.717, 1.165) is 39.1 Å². The highest BCUT2D eigenvalue weighted by molar-refractivity contribution is 5.38. The summed E-state index contributed by atoms with van der Waals surface area (Å²) in [6, 6.07) is 0.392. The zero-order valence-corrected chi connectivity index (χ0v) is 13.5. The number of nitrogens with one attached hydrogen (secondary N) is 1. The molecule has 1 aliphatic heterocycles. The van der Waals surface area contributed by atoms with Crippen molar-refractivity contribution in [2.45, 2.75) is 33.3 Å². The quantitative estimate of drug-likeness (QED) is 0.876. The predicted octanol–water partition coefficient (Wildman–Crippen LogP) is 1.23. The Labute approximate surface area is 126 Å². The molecule has 1 N–H and O–H groups in total. The Morgan fingerprint density at radius 1 is 1.14 bits per heavy atom. The van der Waals surface area contributed by atoms with Gasteiger partial charge in [-0.25, -0.2) is 0 Å². The molecule has 2 rings (SSSR count). The second kappa shape index (κ2) is 7.40. The summed E-state index contributed by atoms with van der Waals surface area (Å²) in [5, 5.41) is 3.15. The first-order valence-electron chi connectivity index (χ1n) is 7.68. The molecule has 21 heavy (non-hydrogen) atoms. The Hall–Kier alpha value is -1.63. The molecule has 118 valence electrons. The summed E-state index contributed by atoms with van der Waals surface area (Å²) in [6.07, 6.45) is 1.16. The zero-order chi connectivity index (χ0) is 15.2. The molecule has 2 heterocycles. The van der Waals surface area contributed by atoms with Crippen molar-refractivity contribution in [2.75, 3.05) is 50.0 Å². The minimum atomic E-state index is 0.0463. The molecule has 1 aromatic rings. The summed E-state index contributed by atoms with van der Waals surface area (Å²) < 4.78 is 5.65. The fourth-order valence-corrected chi connectivity index (χ4v) is 2.23. The lowest BCUT2D eigenvalue weighted by Gasteiger charge is -2.21. The van der Waals surface area contributed by atoms with E-state index in [-0.39, 0.29) is 6.10 Å². The second-order valence-corrected chi connectivity index (χ2v) is 5.58. The fraction of sp³-hybridized carbons (Fsp3) is 0.786. The van der Waals surface area contributed by atoms with Crippen LogP contribution in [0.15, 0.2) is 0 Å². The van der Waals surface area contributed by atoms with Crippen LogP contribution in [0.2, 0.25) is 0 Å². The van der Waals surface area contributed by atoms with Crippen molar-refractivity contribution in [3.05, 3.63) is 0 Å². The SMILES string of the molecule is CCNc1nc(OC(C)C)nc(N2CCCN(C)CC2)n1. The van der Waals surface area contributed by atoms with Crippen molar-refractivity contribution in [1.82, 2.24) is 19.9 Å². The first-order chi connectivity index (χ1) is 10.1. The number of nitrogens with zero attached hydrogens (tertiary/aromatic N) is 5. The van der Waals surface area contributed by atoms with E-state index in [1.807, 2.05) is 20.8 Å². The first kappa shape index (κ1) is 15.8. The average molecular weight is 294 g/mol. The summed E-state index contributed by atoms with van der Waals surface area (Å²) in [5.41, 5.74) is 0. The van der Waals surface area contributed by atoms with E-state index >= 15 is 0 Å². The van der Waals surface area contributed by atoms with Crippen molar-refractivity contribution >= 4 is 11.9 Å². The predicted molar refractivity (Wildman–Crippen MR) is 84.1 cm³/mol. The number of hydrogen-bond donors (Lipinski definition) is 1. The molecule has 0 radical (unpaired) electrons. The van der Waals surface area contributed by atoms with Crippen LogP contribution in [0.4, 0.5) is 11.9 Å². The minimum absolute atomic E-state index is 0.0463. The van der Waals surface area contributed by atoms with E-state index in [1.165, 1.54) is 0 Å². The van der Waals surface area contributed by atoms with Gasteiger partial charge in [-0.2, -0.15) is 15.0 Å². The third-order valence-electron chi connectivity index (χ3n) is 3.28. The Morgan fingerprint density at radius 2 is 1.95 bits per heavy atom. The average Bonchev–Trinajstić information content (AvgIpc) is 2.63. The highest BCUT2D eigenvalue weighted by Crippen LogP contribution is 2.17. The lowest BCUT2D eigenvalue weighted by atomic mass is 10.4. The molecular weight excluding hydrogens is 268 g/mol. The summed E-state index contributed by atoms with van der Waals surface area (Å²) in [6.45, 7) is 10.7. The van der Waals surface area contributed by atoms with Gasteiger partial charge >= 0.3 is 6.01 Å². The van der Waals surface area contributed by atoms with Crippen molar-refractivity contribution < 1.29 is 4.74 Å². The largest absolute Gasteiger partial charge is 0.461 e. The molecule has 7 nitrogen and oxygen atoms in total. The summed E-state index contributed by atoms with van der Waals surface area (Å²) in [4.78, 5) is 17.8. The van der Waals surface area contributed by atoms with Gasteiger partial charge in [-0.1, -0.05) is 0 Å². The normalized spacial score (nSPS) is 16.9. The lowest BCUT2D eigenvalue weighted by Crippen LogP contribution is -2.30. The highest BCUT2D eigenvalue weighted by atomic mass is 16.5. The van der Waals surface area contributed by atoms with Gasteiger partial charge in [0.05, 0.1) is 6.10 Å². The number of rotatable bonds is 5. The van der Waals surface area contributed by atoms with Crippen LogP contribution in [-0.2, 0) is 0 Å². The van der Waals surface area contributed by atoms with Crippen LogP contribution in [0.25, 0.3) is 0 Å². The van der Waals surface area contributed by atoms with Crippen molar-refractivity contribution in [3.63, 3.8) is 0 Å². The van der Waals surface area contributed by atoms with E-state index in [0.29, 0.717) is 17.9 Å². The molecule has 0 bridgehead atoms. The molecule has 0 aromatic carbocycles. The zero-order valence-electron chi connectivity index (χ0n) is 13.5. The van der Waals surface area contributed by atoms with Gasteiger partial charge in [0.1, 0.15) is 0 Å². The monoisotopic (exact) mass is 294 g/mol. The van der Waals surface area contributed by atoms with Gasteiger partial charge < -0.3 is 19.9 Å². The molecule has 1 aliphatic rings. The topological polar surface area (TPSA) is 66.4 Å². The fourth-order valence-electron chi connectivity index (χ4n) is 2.23. The summed E-state index contributed by atoms with van der Waals surface area (Å²) in [7, 11) is 2.15. The number of hydrogen-bond acceptors (Lipinski definition) is 7. The smallest absolute Gasteiger partial charge is 0.323 e. The van der Waals surface area contributed by atoms with E-state index < -0.39 is 0 Å². The number of anilines is 2. The van der Waals surface area contributed by atoms with Gasteiger partial charge in [0.15, 0.2) is 0 Å². The number of aromatic nitrogens is 3. The summed E-state index contributed by atoms with van der Waals surface area (Å²) >= 11 is 0. The Morgan fingerprint density at radius 3 is 2.67 bits per heavy atom. The van der Waals surface area contributed by atoms with Crippen molar-refractivity contribution in [1.29, 1.82) is 0 Å². The molecule has 0 amide bonds. The van der Waals surface area contributed by atoms with Crippen LogP contribution in [0.5, 0.6) is 6.01 Å². The number of likely N-dealkylation sites (N-methyl/N-ethyl adjacent to an activating group) is 1. The molecule has 1 fully saturated rings. The molecule has 0 unspecified atom stereocenters. The van der Waals surface area contributed by atoms with Gasteiger partial charge in [0, 0.05) is 26.2 Å². The van der Waals surface area contributed by atoms with E-state index in [9.17, 15) is 0 Å². The van der Waals surface area contributed by atoms with Crippen LogP contribution in [-0.4, -0.2) is 65.7 Å². The molecular formula is C14H26N6O. The van der Waals surface area contributed by atoms with Gasteiger partial charge in [0.25, 0.3) is 0 Å². The van der Waals surface area contributed by atoms with Crippen LogP contribution in [0.1, 0.15) is 27.2 Å². The molecule has 0 saturated carbocycles. The molecule has 1 saturated heterocycles. The third kappa shape index (κ3) is 4.70. The maximum Gasteiger partial charge on any atom is 0.323 e. The van der Waals surface area contributed by atoms with Crippen molar-refractivity contribution in [2.24, 2.45) is 0 Å². The Balaban J connectivity index is 2.21. The van der Waals surface area contributed by atoms with Crippen molar-refractivity contribution in [3.8, 4) is 6.01 Å². The van der Waals surface area contributed by atoms with Gasteiger partial charge in [-0.05, 0) is 40.8 Å². The van der Waals surface area contributed by atoms with Crippen LogP contribution in [0.3, 0.4) is 0 Å². The van der Waals surface area contributed by atoms with Crippen LogP contribution in [0, 0.1) is 0 Å². The summed E-state index contributed by atoms with van der Waals surface area (Å²) in [5.74, 6) is 1.28. The third-order valence-corrected chi connectivity index (χ3v) is 3.28. The molecule has 0 spiro atoms. The first-order valence-corrected chi connectivity index (χ1v) is 7.68. The molecule has 7 heteroatoms. The van der Waals surface area contributed by atoms with Gasteiger partial charge in [-0.15, -0.1) is 0 Å². The number of ether oxygens (including phenoxy) is 1. The lowest BCUT2D eigenvalue weighted by molar-refractivity contribution is 0.222. The second-order valence-electron chi connectivity index (χ2n) is 5.58. The molecule has 1 aromatic heterocycles. The van der Waals surface area contributed by atoms with E-state index in [4.69, 9.17) is 4.74 Å². The van der Waals surface area contributed by atoms with Gasteiger partial charge in [-0.3, -0.25) is 0 Å². The Bertz CT molecular complexity index is 453. The van der Waals surface area contributed by atoms with E-state index in [1.54, 1.807) is 0 Å². The minimum Gasteiger partial charge on any atom is -0.461 e. The standard InChI is InChI=1S/C14H26N6O/c1-5-15-12-16-13(18-14(17-12)21-11(2)3)20-8-6-7-19(4)9-10-20/h11H,5-10H2,1-4H3,(H,15,16,17,18). The maximum atomic E-state index is 5.65. The maximum absolute atomic E-state index is 5.65. The van der Waals surface area contributed by atoms with Crippen LogP contribution < -0.4 is 15.0 Å². The van der Waals surface area contributed by atoms with E-state index in [2.05, 4.69) is 37.1 Å². The van der Waals surface area contributed by atoms with Crippen LogP contribution >= 0.6 is 0 Å². The van der Waals surface area contributed by atoms with Gasteiger partial charge in [0.2, 0.25) is 11.9 Å². The Kier molecular flexibility index (Phi) is 5.55. The molecule has 0 aliphatic carbocycles. The highest BCUT2D eigenvalue weighted by Gasteiger charge is 2.17. The molecule has 0 atom stereocenters.